The lowest BCUT2D eigenvalue weighted by Crippen LogP contribution is -2.19. The molecule has 0 fully saturated rings. The average molecular weight is 331 g/mol. The Balaban J connectivity index is 1.89. The summed E-state index contributed by atoms with van der Waals surface area (Å²) in [6.07, 6.45) is 1.08. The van der Waals surface area contributed by atoms with Gasteiger partial charge in [-0.15, -0.1) is 0 Å². The fourth-order valence-corrected chi connectivity index (χ4v) is 3.32. The van der Waals surface area contributed by atoms with Crippen LogP contribution in [0.5, 0.6) is 0 Å². The number of hydrogen-bond acceptors (Lipinski definition) is 2. The van der Waals surface area contributed by atoms with Crippen LogP contribution < -0.4 is 9.80 Å². The molecule has 1 aliphatic rings. The molecule has 0 aliphatic carbocycles. The van der Waals surface area contributed by atoms with Crippen molar-refractivity contribution in [3.8, 4) is 0 Å². The molecule has 0 spiro atoms. The molecule has 2 nitrogen and oxygen atoms in total. The molecule has 0 saturated carbocycles. The van der Waals surface area contributed by atoms with Gasteiger partial charge in [-0.3, -0.25) is 0 Å². The van der Waals surface area contributed by atoms with E-state index in [4.69, 9.17) is 0 Å². The van der Waals surface area contributed by atoms with E-state index in [2.05, 4.69) is 89.3 Å². The van der Waals surface area contributed by atoms with E-state index in [0.29, 0.717) is 6.04 Å². The van der Waals surface area contributed by atoms with Gasteiger partial charge in [0.05, 0.1) is 6.04 Å². The fraction of sp³-hybridized carbons (Fsp3) is 0.294. The normalized spacial score (nSPS) is 17.2. The van der Waals surface area contributed by atoms with Crippen LogP contribution in [0.1, 0.15) is 17.2 Å². The van der Waals surface area contributed by atoms with Crippen LogP contribution in [0.15, 0.2) is 46.9 Å². The van der Waals surface area contributed by atoms with Gasteiger partial charge in [0.25, 0.3) is 0 Å². The summed E-state index contributed by atoms with van der Waals surface area (Å²) in [6, 6.07) is 15.9. The highest BCUT2D eigenvalue weighted by atomic mass is 79.9. The van der Waals surface area contributed by atoms with Gasteiger partial charge in [0.15, 0.2) is 0 Å². The molecule has 0 radical (unpaired) electrons. The van der Waals surface area contributed by atoms with Crippen LogP contribution in [0.4, 0.5) is 11.4 Å². The monoisotopic (exact) mass is 330 g/mol. The third-order valence-corrected chi connectivity index (χ3v) is 4.59. The van der Waals surface area contributed by atoms with Gasteiger partial charge < -0.3 is 9.80 Å². The third kappa shape index (κ3) is 2.31. The molecular weight excluding hydrogens is 312 g/mol. The van der Waals surface area contributed by atoms with Crippen molar-refractivity contribution < 1.29 is 0 Å². The first-order valence-corrected chi connectivity index (χ1v) is 7.64. The molecule has 0 amide bonds. The van der Waals surface area contributed by atoms with Crippen molar-refractivity contribution in [2.45, 2.75) is 12.5 Å². The van der Waals surface area contributed by atoms with E-state index in [1.807, 2.05) is 0 Å². The number of rotatable bonds is 2. The summed E-state index contributed by atoms with van der Waals surface area (Å²) in [5.74, 6) is 0. The lowest BCUT2D eigenvalue weighted by atomic mass is 10.0. The van der Waals surface area contributed by atoms with Crippen molar-refractivity contribution in [2.24, 2.45) is 0 Å². The molecule has 3 heteroatoms. The second-order valence-corrected chi connectivity index (χ2v) is 6.51. The number of fused-ring (bicyclic) bond motifs is 1. The molecule has 2 aromatic carbocycles. The van der Waals surface area contributed by atoms with Crippen LogP contribution in [0.2, 0.25) is 0 Å². The minimum Gasteiger partial charge on any atom is -0.378 e. The SMILES string of the molecule is CN(C)c1ccc(C2Cc3cc(Br)ccc3N2C)cc1. The van der Waals surface area contributed by atoms with Crippen molar-refractivity contribution in [3.05, 3.63) is 58.1 Å². The van der Waals surface area contributed by atoms with Crippen LogP contribution in [-0.4, -0.2) is 21.1 Å². The highest BCUT2D eigenvalue weighted by Gasteiger charge is 2.27. The Morgan fingerprint density at radius 1 is 1.10 bits per heavy atom. The minimum atomic E-state index is 0.440. The molecule has 1 aliphatic heterocycles. The lowest BCUT2D eigenvalue weighted by molar-refractivity contribution is 0.716. The molecule has 1 atom stereocenters. The summed E-state index contributed by atoms with van der Waals surface area (Å²) >= 11 is 3.56. The predicted molar refractivity (Wildman–Crippen MR) is 89.8 cm³/mol. The molecular formula is C17H19BrN2. The molecule has 3 rings (SSSR count). The van der Waals surface area contributed by atoms with Crippen molar-refractivity contribution in [3.63, 3.8) is 0 Å². The molecule has 104 valence electrons. The Morgan fingerprint density at radius 3 is 2.45 bits per heavy atom. The lowest BCUT2D eigenvalue weighted by Gasteiger charge is -2.23. The van der Waals surface area contributed by atoms with Crippen molar-refractivity contribution in [1.29, 1.82) is 0 Å². The first-order chi connectivity index (χ1) is 9.56. The zero-order valence-electron chi connectivity index (χ0n) is 12.1. The largest absolute Gasteiger partial charge is 0.378 e. The zero-order chi connectivity index (χ0) is 14.3. The molecule has 1 heterocycles. The van der Waals surface area contributed by atoms with E-state index in [1.165, 1.54) is 22.5 Å². The van der Waals surface area contributed by atoms with Crippen molar-refractivity contribution >= 4 is 27.3 Å². The van der Waals surface area contributed by atoms with Gasteiger partial charge >= 0.3 is 0 Å². The molecule has 1 unspecified atom stereocenters. The highest BCUT2D eigenvalue weighted by Crippen LogP contribution is 2.40. The number of halogens is 1. The Labute approximate surface area is 129 Å². The Bertz CT molecular complexity index is 619. The molecule has 0 N–H and O–H groups in total. The van der Waals surface area contributed by atoms with Crippen LogP contribution in [-0.2, 0) is 6.42 Å². The summed E-state index contributed by atoms with van der Waals surface area (Å²) in [6.45, 7) is 0. The number of nitrogens with zero attached hydrogens (tertiary/aromatic N) is 2. The van der Waals surface area contributed by atoms with E-state index < -0.39 is 0 Å². The molecule has 20 heavy (non-hydrogen) atoms. The first-order valence-electron chi connectivity index (χ1n) is 6.85. The Morgan fingerprint density at radius 2 is 1.80 bits per heavy atom. The van der Waals surface area contributed by atoms with Crippen LogP contribution in [0.3, 0.4) is 0 Å². The molecule has 0 aromatic heterocycles. The zero-order valence-corrected chi connectivity index (χ0v) is 13.7. The Hall–Kier alpha value is -1.48. The van der Waals surface area contributed by atoms with Crippen LogP contribution in [0, 0.1) is 0 Å². The van der Waals surface area contributed by atoms with Gasteiger partial charge in [0.2, 0.25) is 0 Å². The van der Waals surface area contributed by atoms with Crippen LogP contribution in [0.25, 0.3) is 0 Å². The second-order valence-electron chi connectivity index (χ2n) is 5.59. The summed E-state index contributed by atoms with van der Waals surface area (Å²) < 4.78 is 1.16. The second kappa shape index (κ2) is 5.13. The average Bonchev–Trinajstić information content (AvgIpc) is 2.75. The van der Waals surface area contributed by atoms with Crippen molar-refractivity contribution in [2.75, 3.05) is 30.9 Å². The smallest absolute Gasteiger partial charge is 0.0580 e. The number of likely N-dealkylation sites (N-methyl/N-ethyl adjacent to an activating group) is 1. The number of anilines is 2. The van der Waals surface area contributed by atoms with Gasteiger partial charge in [0, 0.05) is 37.0 Å². The van der Waals surface area contributed by atoms with Gasteiger partial charge in [-0.1, -0.05) is 28.1 Å². The van der Waals surface area contributed by atoms with Gasteiger partial charge in [-0.2, -0.15) is 0 Å². The summed E-state index contributed by atoms with van der Waals surface area (Å²) in [5, 5.41) is 0. The van der Waals surface area contributed by atoms with E-state index in [9.17, 15) is 0 Å². The van der Waals surface area contributed by atoms with Gasteiger partial charge in [0.1, 0.15) is 0 Å². The van der Waals surface area contributed by atoms with E-state index in [1.54, 1.807) is 0 Å². The fourth-order valence-electron chi connectivity index (χ4n) is 2.91. The van der Waals surface area contributed by atoms with E-state index in [0.717, 1.165) is 10.9 Å². The quantitative estimate of drug-likeness (QED) is 0.812. The third-order valence-electron chi connectivity index (χ3n) is 4.10. The number of hydrogen-bond donors (Lipinski definition) is 0. The highest BCUT2D eigenvalue weighted by molar-refractivity contribution is 9.10. The molecule has 0 bridgehead atoms. The predicted octanol–water partition coefficient (Wildman–Crippen LogP) is 4.25. The topological polar surface area (TPSA) is 6.48 Å². The van der Waals surface area contributed by atoms with Crippen molar-refractivity contribution in [1.82, 2.24) is 0 Å². The van der Waals surface area contributed by atoms with Gasteiger partial charge in [-0.25, -0.2) is 0 Å². The summed E-state index contributed by atoms with van der Waals surface area (Å²) in [4.78, 5) is 4.51. The van der Waals surface area contributed by atoms with Gasteiger partial charge in [-0.05, 0) is 47.9 Å². The maximum atomic E-state index is 3.56. The maximum Gasteiger partial charge on any atom is 0.0580 e. The van der Waals surface area contributed by atoms with E-state index in [-0.39, 0.29) is 0 Å². The molecule has 2 aromatic rings. The van der Waals surface area contributed by atoms with E-state index >= 15 is 0 Å². The Kier molecular flexibility index (Phi) is 3.47. The van der Waals surface area contributed by atoms with Crippen LogP contribution >= 0.6 is 15.9 Å². The first kappa shape index (κ1) is 13.5. The standard InChI is InChI=1S/C17H19BrN2/c1-19(2)15-7-4-12(5-8-15)17-11-13-10-14(18)6-9-16(13)20(17)3/h4-10,17H,11H2,1-3H3. The summed E-state index contributed by atoms with van der Waals surface area (Å²) in [7, 11) is 6.33. The summed E-state index contributed by atoms with van der Waals surface area (Å²) in [5.41, 5.74) is 5.39. The molecule has 0 saturated heterocycles. The minimum absolute atomic E-state index is 0.440. The maximum absolute atomic E-state index is 3.56. The number of benzene rings is 2.